The van der Waals surface area contributed by atoms with Gasteiger partial charge in [0, 0.05) is 22.2 Å². The van der Waals surface area contributed by atoms with Crippen LogP contribution in [0.2, 0.25) is 0 Å². The van der Waals surface area contributed by atoms with E-state index >= 15 is 0 Å². The minimum absolute atomic E-state index is 0.193. The number of aromatic nitrogens is 3. The van der Waals surface area contributed by atoms with Gasteiger partial charge in [0.2, 0.25) is 0 Å². The van der Waals surface area contributed by atoms with Crippen molar-refractivity contribution >= 4 is 43.6 Å². The van der Waals surface area contributed by atoms with Gasteiger partial charge in [-0.15, -0.1) is 16.9 Å². The third kappa shape index (κ3) is 3.81. The highest BCUT2D eigenvalue weighted by Gasteiger charge is 2.18. The molecule has 19 heavy (non-hydrogen) atoms. The highest BCUT2D eigenvalue weighted by atomic mass is 79.9. The molecule has 7 heteroatoms. The van der Waals surface area contributed by atoms with Gasteiger partial charge in [-0.05, 0) is 41.2 Å². The van der Waals surface area contributed by atoms with E-state index in [0.717, 1.165) is 20.5 Å². The SMILES string of the molecule is CNC(CSc1cccc(Br)c1)c1c(Br)nnn1C. The van der Waals surface area contributed by atoms with E-state index in [4.69, 9.17) is 0 Å². The first-order valence-corrected chi connectivity index (χ1v) is 8.29. The van der Waals surface area contributed by atoms with E-state index in [0.29, 0.717) is 0 Å². The van der Waals surface area contributed by atoms with Gasteiger partial charge in [0.25, 0.3) is 0 Å². The molecule has 0 bridgehead atoms. The molecule has 0 saturated carbocycles. The average molecular weight is 406 g/mol. The number of benzene rings is 1. The first-order valence-electron chi connectivity index (χ1n) is 5.72. The van der Waals surface area contributed by atoms with Crippen LogP contribution < -0.4 is 5.32 Å². The molecule has 1 aromatic carbocycles. The van der Waals surface area contributed by atoms with E-state index in [9.17, 15) is 0 Å². The summed E-state index contributed by atoms with van der Waals surface area (Å²) in [6, 6.07) is 8.49. The van der Waals surface area contributed by atoms with E-state index in [1.165, 1.54) is 4.90 Å². The van der Waals surface area contributed by atoms with Crippen molar-refractivity contribution in [2.24, 2.45) is 7.05 Å². The molecule has 0 aliphatic rings. The molecular weight excluding hydrogens is 392 g/mol. The second kappa shape index (κ2) is 6.88. The molecule has 0 fully saturated rings. The van der Waals surface area contributed by atoms with E-state index in [-0.39, 0.29) is 6.04 Å². The molecule has 0 aliphatic carbocycles. The Morgan fingerprint density at radius 1 is 1.42 bits per heavy atom. The average Bonchev–Trinajstić information content (AvgIpc) is 2.71. The van der Waals surface area contributed by atoms with Gasteiger partial charge in [-0.2, -0.15) is 0 Å². The monoisotopic (exact) mass is 404 g/mol. The van der Waals surface area contributed by atoms with Gasteiger partial charge in [0.05, 0.1) is 11.7 Å². The lowest BCUT2D eigenvalue weighted by Crippen LogP contribution is -2.22. The summed E-state index contributed by atoms with van der Waals surface area (Å²) in [5.74, 6) is 0.909. The lowest BCUT2D eigenvalue weighted by atomic mass is 10.2. The van der Waals surface area contributed by atoms with Crippen LogP contribution in [0.15, 0.2) is 38.2 Å². The largest absolute Gasteiger partial charge is 0.311 e. The zero-order chi connectivity index (χ0) is 13.8. The van der Waals surface area contributed by atoms with Crippen molar-refractivity contribution in [3.8, 4) is 0 Å². The third-order valence-corrected chi connectivity index (χ3v) is 4.86. The Morgan fingerprint density at radius 3 is 2.79 bits per heavy atom. The smallest absolute Gasteiger partial charge is 0.153 e. The maximum Gasteiger partial charge on any atom is 0.153 e. The second-order valence-corrected chi connectivity index (χ2v) is 6.76. The van der Waals surface area contributed by atoms with Crippen molar-refractivity contribution in [3.63, 3.8) is 0 Å². The van der Waals surface area contributed by atoms with Crippen molar-refractivity contribution in [1.29, 1.82) is 0 Å². The van der Waals surface area contributed by atoms with E-state index in [1.54, 1.807) is 16.4 Å². The molecular formula is C12H14Br2N4S. The number of aryl methyl sites for hydroxylation is 1. The molecule has 4 nitrogen and oxygen atoms in total. The molecule has 0 aliphatic heterocycles. The first-order chi connectivity index (χ1) is 9.11. The van der Waals surface area contributed by atoms with Crippen LogP contribution in [0.4, 0.5) is 0 Å². The number of hydrogen-bond donors (Lipinski definition) is 1. The van der Waals surface area contributed by atoms with Gasteiger partial charge < -0.3 is 5.32 Å². The van der Waals surface area contributed by atoms with Crippen LogP contribution >= 0.6 is 43.6 Å². The van der Waals surface area contributed by atoms with E-state index in [1.807, 2.05) is 26.2 Å². The molecule has 1 unspecified atom stereocenters. The highest BCUT2D eigenvalue weighted by molar-refractivity contribution is 9.10. The molecule has 2 aromatic rings. The van der Waals surface area contributed by atoms with Crippen molar-refractivity contribution in [3.05, 3.63) is 39.0 Å². The third-order valence-electron chi connectivity index (χ3n) is 2.72. The molecule has 1 N–H and O–H groups in total. The molecule has 1 aromatic heterocycles. The van der Waals surface area contributed by atoms with Crippen LogP contribution in [0, 0.1) is 0 Å². The van der Waals surface area contributed by atoms with Crippen LogP contribution in [0.3, 0.4) is 0 Å². The fraction of sp³-hybridized carbons (Fsp3) is 0.333. The maximum absolute atomic E-state index is 4.03. The fourth-order valence-electron chi connectivity index (χ4n) is 1.74. The summed E-state index contributed by atoms with van der Waals surface area (Å²) in [6.45, 7) is 0. The van der Waals surface area contributed by atoms with Gasteiger partial charge >= 0.3 is 0 Å². The first kappa shape index (κ1) is 15.0. The van der Waals surface area contributed by atoms with Crippen LogP contribution in [0.25, 0.3) is 0 Å². The predicted octanol–water partition coefficient (Wildman–Crippen LogP) is 3.39. The van der Waals surface area contributed by atoms with Crippen molar-refractivity contribution in [2.45, 2.75) is 10.9 Å². The van der Waals surface area contributed by atoms with Crippen LogP contribution in [-0.4, -0.2) is 27.8 Å². The van der Waals surface area contributed by atoms with Crippen molar-refractivity contribution < 1.29 is 0 Å². The Hall–Kier alpha value is -0.370. The Labute approximate surface area is 133 Å². The minimum Gasteiger partial charge on any atom is -0.311 e. The molecule has 1 heterocycles. The molecule has 1 atom stereocenters. The number of halogens is 2. The predicted molar refractivity (Wildman–Crippen MR) is 85.4 cm³/mol. The Bertz CT molecular complexity index is 539. The summed E-state index contributed by atoms with van der Waals surface area (Å²) < 4.78 is 3.69. The standard InChI is InChI=1S/C12H14Br2N4S/c1-15-10(11-12(14)16-17-18(11)2)7-19-9-5-3-4-8(13)6-9/h3-6,10,15H,7H2,1-2H3. The zero-order valence-corrected chi connectivity index (χ0v) is 14.6. The summed E-state index contributed by atoms with van der Waals surface area (Å²) in [7, 11) is 3.85. The van der Waals surface area contributed by atoms with Crippen molar-refractivity contribution in [1.82, 2.24) is 20.3 Å². The summed E-state index contributed by atoms with van der Waals surface area (Å²) in [5.41, 5.74) is 1.06. The molecule has 0 amide bonds. The Balaban J connectivity index is 2.08. The molecule has 0 spiro atoms. The van der Waals surface area contributed by atoms with Gasteiger partial charge in [-0.1, -0.05) is 27.2 Å². The number of rotatable bonds is 5. The summed E-state index contributed by atoms with van der Waals surface area (Å²) in [4.78, 5) is 1.24. The number of hydrogen-bond acceptors (Lipinski definition) is 4. The van der Waals surface area contributed by atoms with Crippen LogP contribution in [-0.2, 0) is 7.05 Å². The number of nitrogens with one attached hydrogen (secondary N) is 1. The van der Waals surface area contributed by atoms with Gasteiger partial charge in [0.1, 0.15) is 0 Å². The normalized spacial score (nSPS) is 12.6. The number of nitrogens with zero attached hydrogens (tertiary/aromatic N) is 3. The Morgan fingerprint density at radius 2 is 2.21 bits per heavy atom. The summed E-state index contributed by atoms with van der Waals surface area (Å²) in [5, 5.41) is 11.4. The zero-order valence-electron chi connectivity index (χ0n) is 10.6. The van der Waals surface area contributed by atoms with Crippen LogP contribution in [0.1, 0.15) is 11.7 Å². The minimum atomic E-state index is 0.193. The maximum atomic E-state index is 4.03. The van der Waals surface area contributed by atoms with Crippen LogP contribution in [0.5, 0.6) is 0 Å². The summed E-state index contributed by atoms with van der Waals surface area (Å²) >= 11 is 8.73. The highest BCUT2D eigenvalue weighted by Crippen LogP contribution is 2.28. The molecule has 0 radical (unpaired) electrons. The topological polar surface area (TPSA) is 42.7 Å². The van der Waals surface area contributed by atoms with E-state index < -0.39 is 0 Å². The Kier molecular flexibility index (Phi) is 5.44. The molecule has 2 rings (SSSR count). The lowest BCUT2D eigenvalue weighted by molar-refractivity contribution is 0.578. The lowest BCUT2D eigenvalue weighted by Gasteiger charge is -2.16. The summed E-state index contributed by atoms with van der Waals surface area (Å²) in [6.07, 6.45) is 0. The van der Waals surface area contributed by atoms with Gasteiger partial charge in [0.15, 0.2) is 4.60 Å². The van der Waals surface area contributed by atoms with Gasteiger partial charge in [-0.3, -0.25) is 0 Å². The molecule has 0 saturated heterocycles. The number of thioether (sulfide) groups is 1. The fourth-order valence-corrected chi connectivity index (χ4v) is 3.97. The molecule has 102 valence electrons. The van der Waals surface area contributed by atoms with E-state index in [2.05, 4.69) is 59.6 Å². The second-order valence-electron chi connectivity index (χ2n) is 4.00. The van der Waals surface area contributed by atoms with Crippen molar-refractivity contribution in [2.75, 3.05) is 12.8 Å². The van der Waals surface area contributed by atoms with Gasteiger partial charge in [-0.25, -0.2) is 4.68 Å². The quantitative estimate of drug-likeness (QED) is 0.774.